The molecule has 1 aromatic heterocycles. The third kappa shape index (κ3) is 3.55. The lowest BCUT2D eigenvalue weighted by Crippen LogP contribution is -2.13. The van der Waals surface area contributed by atoms with E-state index in [1.54, 1.807) is 24.5 Å². The van der Waals surface area contributed by atoms with Crippen LogP contribution in [0.2, 0.25) is 0 Å². The fourth-order valence-corrected chi connectivity index (χ4v) is 2.24. The molecule has 122 valence electrons. The first-order valence-electron chi connectivity index (χ1n) is 7.29. The van der Waals surface area contributed by atoms with Crippen LogP contribution in [0, 0.1) is 5.82 Å². The Morgan fingerprint density at radius 2 is 1.83 bits per heavy atom. The summed E-state index contributed by atoms with van der Waals surface area (Å²) >= 11 is 0. The summed E-state index contributed by atoms with van der Waals surface area (Å²) < 4.78 is 13.2. The lowest BCUT2D eigenvalue weighted by molar-refractivity contribution is 0.102. The standard InChI is InChI=1S/C18H15FN4O.H2/c1-23(17-10-20-12-21-11-17)16-7-3-6-15(9-16)22-18(24)13-4-2-5-14(19)8-13;/h2-12H,1H3,(H,22,24);1H. The zero-order chi connectivity index (χ0) is 16.9. The van der Waals surface area contributed by atoms with Gasteiger partial charge in [-0.25, -0.2) is 14.4 Å². The molecular weight excluding hydrogens is 307 g/mol. The van der Waals surface area contributed by atoms with E-state index in [-0.39, 0.29) is 12.9 Å². The number of benzene rings is 2. The third-order valence-corrected chi connectivity index (χ3v) is 3.51. The minimum absolute atomic E-state index is 0. The highest BCUT2D eigenvalue weighted by atomic mass is 19.1. The molecule has 0 spiro atoms. The zero-order valence-corrected chi connectivity index (χ0v) is 13.0. The Bertz CT molecular complexity index is 860. The maximum atomic E-state index is 13.2. The Balaban J connectivity index is 0.00000225. The molecule has 0 aliphatic carbocycles. The van der Waals surface area contributed by atoms with Crippen molar-refractivity contribution in [1.82, 2.24) is 9.97 Å². The Hall–Kier alpha value is -3.28. The fourth-order valence-electron chi connectivity index (χ4n) is 2.24. The average Bonchev–Trinajstić information content (AvgIpc) is 2.62. The number of anilines is 3. The van der Waals surface area contributed by atoms with E-state index in [0.29, 0.717) is 5.69 Å². The normalized spacial score (nSPS) is 10.2. The molecule has 3 rings (SSSR count). The molecule has 0 radical (unpaired) electrons. The van der Waals surface area contributed by atoms with Crippen LogP contribution >= 0.6 is 0 Å². The van der Waals surface area contributed by atoms with Crippen LogP contribution in [0.4, 0.5) is 21.5 Å². The topological polar surface area (TPSA) is 58.1 Å². The smallest absolute Gasteiger partial charge is 0.255 e. The van der Waals surface area contributed by atoms with Gasteiger partial charge in [0.1, 0.15) is 12.1 Å². The number of halogens is 1. The van der Waals surface area contributed by atoms with Gasteiger partial charge >= 0.3 is 0 Å². The monoisotopic (exact) mass is 324 g/mol. The van der Waals surface area contributed by atoms with Crippen molar-refractivity contribution in [3.8, 4) is 0 Å². The van der Waals surface area contributed by atoms with E-state index in [2.05, 4.69) is 15.3 Å². The van der Waals surface area contributed by atoms with Crippen molar-refractivity contribution in [2.45, 2.75) is 0 Å². The molecule has 0 bridgehead atoms. The number of amides is 1. The maximum absolute atomic E-state index is 13.2. The van der Waals surface area contributed by atoms with Crippen molar-refractivity contribution in [2.24, 2.45) is 0 Å². The van der Waals surface area contributed by atoms with Gasteiger partial charge in [0.05, 0.1) is 18.1 Å². The van der Waals surface area contributed by atoms with Gasteiger partial charge < -0.3 is 10.2 Å². The van der Waals surface area contributed by atoms with Crippen LogP contribution in [-0.4, -0.2) is 22.9 Å². The number of aromatic nitrogens is 2. The van der Waals surface area contributed by atoms with E-state index < -0.39 is 5.82 Å². The van der Waals surface area contributed by atoms with Crippen LogP contribution in [-0.2, 0) is 0 Å². The van der Waals surface area contributed by atoms with E-state index in [4.69, 9.17) is 0 Å². The summed E-state index contributed by atoms with van der Waals surface area (Å²) in [6.45, 7) is 0. The molecule has 24 heavy (non-hydrogen) atoms. The van der Waals surface area contributed by atoms with Gasteiger partial charge in [-0.05, 0) is 36.4 Å². The molecule has 2 aromatic carbocycles. The van der Waals surface area contributed by atoms with Crippen molar-refractivity contribution < 1.29 is 10.6 Å². The molecule has 5 nitrogen and oxygen atoms in total. The predicted octanol–water partition coefficient (Wildman–Crippen LogP) is 3.88. The van der Waals surface area contributed by atoms with Crippen LogP contribution in [0.1, 0.15) is 11.8 Å². The van der Waals surface area contributed by atoms with Crippen LogP contribution in [0.25, 0.3) is 0 Å². The molecule has 6 heteroatoms. The van der Waals surface area contributed by atoms with Crippen molar-refractivity contribution in [3.63, 3.8) is 0 Å². The van der Waals surface area contributed by atoms with E-state index in [9.17, 15) is 9.18 Å². The van der Waals surface area contributed by atoms with Gasteiger partial charge in [0.15, 0.2) is 0 Å². The molecule has 0 saturated heterocycles. The quantitative estimate of drug-likeness (QED) is 0.791. The Kier molecular flexibility index (Phi) is 4.47. The Labute approximate surface area is 140 Å². The van der Waals surface area contributed by atoms with E-state index >= 15 is 0 Å². The summed E-state index contributed by atoms with van der Waals surface area (Å²) in [5, 5.41) is 2.77. The number of nitrogens with zero attached hydrogens (tertiary/aromatic N) is 3. The van der Waals surface area contributed by atoms with Gasteiger partial charge in [-0.15, -0.1) is 0 Å². The first-order chi connectivity index (χ1) is 11.6. The average molecular weight is 324 g/mol. The predicted molar refractivity (Wildman–Crippen MR) is 93.0 cm³/mol. The minimum atomic E-state index is -0.444. The molecule has 1 amide bonds. The van der Waals surface area contributed by atoms with Crippen LogP contribution in [0.5, 0.6) is 0 Å². The first kappa shape index (κ1) is 15.6. The van der Waals surface area contributed by atoms with Crippen LogP contribution in [0.3, 0.4) is 0 Å². The van der Waals surface area contributed by atoms with Crippen LogP contribution in [0.15, 0.2) is 67.3 Å². The van der Waals surface area contributed by atoms with Gasteiger partial charge in [-0.2, -0.15) is 0 Å². The highest BCUT2D eigenvalue weighted by molar-refractivity contribution is 6.04. The van der Waals surface area contributed by atoms with Crippen LogP contribution < -0.4 is 10.2 Å². The van der Waals surface area contributed by atoms with E-state index in [1.165, 1.54) is 24.5 Å². The van der Waals surface area contributed by atoms with Crippen molar-refractivity contribution in [1.29, 1.82) is 0 Å². The van der Waals surface area contributed by atoms with Gasteiger partial charge in [0.25, 0.3) is 5.91 Å². The molecule has 1 N–H and O–H groups in total. The summed E-state index contributed by atoms with van der Waals surface area (Å²) in [7, 11) is 1.88. The minimum Gasteiger partial charge on any atom is -0.342 e. The van der Waals surface area contributed by atoms with Crippen molar-refractivity contribution in [2.75, 3.05) is 17.3 Å². The molecule has 1 heterocycles. The number of nitrogens with one attached hydrogen (secondary N) is 1. The molecule has 0 unspecified atom stereocenters. The SMILES string of the molecule is CN(c1cncnc1)c1cccc(NC(=O)c2cccc(F)c2)c1.[HH]. The molecule has 3 aromatic rings. The zero-order valence-electron chi connectivity index (χ0n) is 13.0. The van der Waals surface area contributed by atoms with Crippen molar-refractivity contribution >= 4 is 23.0 Å². The summed E-state index contributed by atoms with van der Waals surface area (Å²) in [5.74, 6) is -0.808. The summed E-state index contributed by atoms with van der Waals surface area (Å²) in [6, 6.07) is 12.9. The second kappa shape index (κ2) is 6.87. The lowest BCUT2D eigenvalue weighted by Gasteiger charge is -2.19. The van der Waals surface area contributed by atoms with E-state index in [0.717, 1.165) is 11.4 Å². The van der Waals surface area contributed by atoms with Gasteiger partial charge in [0.2, 0.25) is 0 Å². The number of carbonyl (C=O) groups is 1. The Morgan fingerprint density at radius 1 is 1.08 bits per heavy atom. The summed E-state index contributed by atoms with van der Waals surface area (Å²) in [4.78, 5) is 22.1. The summed E-state index contributed by atoms with van der Waals surface area (Å²) in [6.07, 6.45) is 4.86. The molecule has 0 atom stereocenters. The molecule has 0 fully saturated rings. The lowest BCUT2D eigenvalue weighted by atomic mass is 10.2. The largest absolute Gasteiger partial charge is 0.342 e. The summed E-state index contributed by atoms with van der Waals surface area (Å²) in [5.41, 5.74) is 2.57. The second-order valence-electron chi connectivity index (χ2n) is 5.17. The van der Waals surface area contributed by atoms with Gasteiger partial charge in [-0.1, -0.05) is 12.1 Å². The van der Waals surface area contributed by atoms with Gasteiger partial charge in [-0.3, -0.25) is 4.79 Å². The van der Waals surface area contributed by atoms with E-state index in [1.807, 2.05) is 30.1 Å². The maximum Gasteiger partial charge on any atom is 0.255 e. The molecular formula is C18H17FN4O. The molecule has 0 aliphatic heterocycles. The molecule has 0 saturated carbocycles. The highest BCUT2D eigenvalue weighted by Crippen LogP contribution is 2.25. The number of hydrogen-bond donors (Lipinski definition) is 1. The highest BCUT2D eigenvalue weighted by Gasteiger charge is 2.09. The second-order valence-corrected chi connectivity index (χ2v) is 5.17. The number of hydrogen-bond acceptors (Lipinski definition) is 4. The number of carbonyl (C=O) groups excluding carboxylic acids is 1. The first-order valence-corrected chi connectivity index (χ1v) is 7.29. The van der Waals surface area contributed by atoms with Gasteiger partial charge in [0, 0.05) is 25.4 Å². The molecule has 0 aliphatic rings. The third-order valence-electron chi connectivity index (χ3n) is 3.51. The number of rotatable bonds is 4. The Morgan fingerprint density at radius 3 is 2.58 bits per heavy atom. The van der Waals surface area contributed by atoms with Crippen molar-refractivity contribution in [3.05, 3.63) is 78.6 Å². The fraction of sp³-hybridized carbons (Fsp3) is 0.0556.